The predicted octanol–water partition coefficient (Wildman–Crippen LogP) is 2.34. The highest BCUT2D eigenvalue weighted by Crippen LogP contribution is 2.07. The van der Waals surface area contributed by atoms with Gasteiger partial charge in [-0.3, -0.25) is 0 Å². The standard InChI is InChI=1S/C9H10ClNO/c1-12-9-6-2-4-8(11-9)5-3-7-10/h2-6H,7H2,1H3/b5-3+. The van der Waals surface area contributed by atoms with Crippen molar-refractivity contribution >= 4 is 17.7 Å². The van der Waals surface area contributed by atoms with Gasteiger partial charge in [0, 0.05) is 11.9 Å². The number of rotatable bonds is 3. The smallest absolute Gasteiger partial charge is 0.213 e. The molecule has 0 unspecified atom stereocenters. The van der Waals surface area contributed by atoms with Crippen LogP contribution in [0.1, 0.15) is 5.69 Å². The molecule has 3 heteroatoms. The van der Waals surface area contributed by atoms with E-state index in [9.17, 15) is 0 Å². The number of methoxy groups -OCH3 is 1. The summed E-state index contributed by atoms with van der Waals surface area (Å²) in [5.41, 5.74) is 0.856. The van der Waals surface area contributed by atoms with Crippen molar-refractivity contribution in [2.24, 2.45) is 0 Å². The van der Waals surface area contributed by atoms with Crippen LogP contribution in [0.4, 0.5) is 0 Å². The molecule has 1 heterocycles. The molecule has 0 atom stereocenters. The van der Waals surface area contributed by atoms with Gasteiger partial charge in [0.15, 0.2) is 0 Å². The van der Waals surface area contributed by atoms with Gasteiger partial charge in [-0.05, 0) is 12.1 Å². The summed E-state index contributed by atoms with van der Waals surface area (Å²) < 4.78 is 4.96. The molecule has 0 aliphatic carbocycles. The Labute approximate surface area is 76.8 Å². The maximum atomic E-state index is 5.48. The molecular formula is C9H10ClNO. The van der Waals surface area contributed by atoms with Crippen molar-refractivity contribution in [3.8, 4) is 5.88 Å². The Morgan fingerprint density at radius 1 is 1.58 bits per heavy atom. The minimum Gasteiger partial charge on any atom is -0.481 e. The summed E-state index contributed by atoms with van der Waals surface area (Å²) in [5, 5.41) is 0. The van der Waals surface area contributed by atoms with Crippen molar-refractivity contribution in [1.29, 1.82) is 0 Å². The Hall–Kier alpha value is -1.02. The summed E-state index contributed by atoms with van der Waals surface area (Å²) >= 11 is 5.48. The van der Waals surface area contributed by atoms with Crippen LogP contribution in [-0.2, 0) is 0 Å². The van der Waals surface area contributed by atoms with E-state index >= 15 is 0 Å². The second-order valence-corrected chi connectivity index (χ2v) is 2.47. The van der Waals surface area contributed by atoms with Crippen LogP contribution in [-0.4, -0.2) is 18.0 Å². The zero-order chi connectivity index (χ0) is 8.81. The molecule has 0 bridgehead atoms. The summed E-state index contributed by atoms with van der Waals surface area (Å²) in [5.74, 6) is 1.12. The number of hydrogen-bond donors (Lipinski definition) is 0. The third-order valence-corrected chi connectivity index (χ3v) is 1.51. The highest BCUT2D eigenvalue weighted by atomic mass is 35.5. The van der Waals surface area contributed by atoms with Gasteiger partial charge in [0.05, 0.1) is 12.8 Å². The molecule has 0 amide bonds. The molecule has 2 nitrogen and oxygen atoms in total. The highest BCUT2D eigenvalue weighted by Gasteiger charge is 1.91. The molecule has 0 saturated carbocycles. The van der Waals surface area contributed by atoms with E-state index in [4.69, 9.17) is 16.3 Å². The second-order valence-electron chi connectivity index (χ2n) is 2.16. The first kappa shape index (κ1) is 9.07. The molecule has 12 heavy (non-hydrogen) atoms. The third-order valence-electron chi connectivity index (χ3n) is 1.33. The van der Waals surface area contributed by atoms with Crippen LogP contribution < -0.4 is 4.74 Å². The van der Waals surface area contributed by atoms with Crippen LogP contribution in [0, 0.1) is 0 Å². The quantitative estimate of drug-likeness (QED) is 0.672. The van der Waals surface area contributed by atoms with E-state index in [1.807, 2.05) is 24.3 Å². The summed E-state index contributed by atoms with van der Waals surface area (Å²) in [4.78, 5) is 4.16. The van der Waals surface area contributed by atoms with Gasteiger partial charge in [-0.2, -0.15) is 0 Å². The summed E-state index contributed by atoms with van der Waals surface area (Å²) in [7, 11) is 1.59. The van der Waals surface area contributed by atoms with Crippen LogP contribution in [0.5, 0.6) is 5.88 Å². The molecule has 64 valence electrons. The molecule has 0 aliphatic heterocycles. The van der Waals surface area contributed by atoms with Gasteiger partial charge >= 0.3 is 0 Å². The van der Waals surface area contributed by atoms with Crippen LogP contribution in [0.15, 0.2) is 24.3 Å². The van der Waals surface area contributed by atoms with Crippen molar-refractivity contribution in [3.05, 3.63) is 30.0 Å². The number of halogens is 1. The predicted molar refractivity (Wildman–Crippen MR) is 50.5 cm³/mol. The highest BCUT2D eigenvalue weighted by molar-refractivity contribution is 6.19. The van der Waals surface area contributed by atoms with Crippen molar-refractivity contribution in [3.63, 3.8) is 0 Å². The van der Waals surface area contributed by atoms with E-state index < -0.39 is 0 Å². The first-order chi connectivity index (χ1) is 5.86. The maximum Gasteiger partial charge on any atom is 0.213 e. The van der Waals surface area contributed by atoms with Gasteiger partial charge in [0.2, 0.25) is 5.88 Å². The molecule has 1 rings (SSSR count). The number of hydrogen-bond acceptors (Lipinski definition) is 2. The minimum absolute atomic E-state index is 0.499. The Morgan fingerprint density at radius 2 is 2.42 bits per heavy atom. The SMILES string of the molecule is COc1cccc(/C=C/CCl)n1. The van der Waals surface area contributed by atoms with Crippen LogP contribution in [0.2, 0.25) is 0 Å². The summed E-state index contributed by atoms with van der Waals surface area (Å²) in [6, 6.07) is 5.59. The van der Waals surface area contributed by atoms with Crippen molar-refractivity contribution in [2.45, 2.75) is 0 Å². The van der Waals surface area contributed by atoms with Crippen LogP contribution >= 0.6 is 11.6 Å². The number of alkyl halides is 1. The third kappa shape index (κ3) is 2.55. The first-order valence-electron chi connectivity index (χ1n) is 3.60. The van der Waals surface area contributed by atoms with E-state index in [-0.39, 0.29) is 0 Å². The Bertz CT molecular complexity index is 273. The Morgan fingerprint density at radius 3 is 3.08 bits per heavy atom. The lowest BCUT2D eigenvalue weighted by Crippen LogP contribution is -1.88. The van der Waals surface area contributed by atoms with Crippen LogP contribution in [0.25, 0.3) is 6.08 Å². The van der Waals surface area contributed by atoms with E-state index in [2.05, 4.69) is 4.98 Å². The molecule has 0 aliphatic rings. The molecular weight excluding hydrogens is 174 g/mol. The van der Waals surface area contributed by atoms with Gasteiger partial charge in [-0.1, -0.05) is 12.1 Å². The number of nitrogens with zero attached hydrogens (tertiary/aromatic N) is 1. The van der Waals surface area contributed by atoms with Crippen molar-refractivity contribution < 1.29 is 4.74 Å². The number of ether oxygens (including phenoxy) is 1. The van der Waals surface area contributed by atoms with Crippen molar-refractivity contribution in [1.82, 2.24) is 4.98 Å². The first-order valence-corrected chi connectivity index (χ1v) is 4.14. The van der Waals surface area contributed by atoms with Gasteiger partial charge in [0.1, 0.15) is 0 Å². The summed E-state index contributed by atoms with van der Waals surface area (Å²) in [6.45, 7) is 0. The normalized spacial score (nSPS) is 10.5. The maximum absolute atomic E-state index is 5.48. The Kier molecular flexibility index (Phi) is 3.61. The molecule has 1 aromatic heterocycles. The lowest BCUT2D eigenvalue weighted by atomic mass is 10.3. The van der Waals surface area contributed by atoms with Crippen LogP contribution in [0.3, 0.4) is 0 Å². The summed E-state index contributed by atoms with van der Waals surface area (Å²) in [6.07, 6.45) is 3.69. The molecule has 0 saturated heterocycles. The molecule has 0 N–H and O–H groups in total. The van der Waals surface area contributed by atoms with Gasteiger partial charge < -0.3 is 4.74 Å². The zero-order valence-electron chi connectivity index (χ0n) is 6.83. The average Bonchev–Trinajstić information content (AvgIpc) is 2.15. The fourth-order valence-corrected chi connectivity index (χ4v) is 0.892. The molecule has 0 fully saturated rings. The van der Waals surface area contributed by atoms with E-state index in [1.54, 1.807) is 13.2 Å². The monoisotopic (exact) mass is 183 g/mol. The molecule has 0 aromatic carbocycles. The largest absolute Gasteiger partial charge is 0.481 e. The van der Waals surface area contributed by atoms with Gasteiger partial charge in [-0.15, -0.1) is 11.6 Å². The minimum atomic E-state index is 0.499. The molecule has 0 spiro atoms. The number of aromatic nitrogens is 1. The van der Waals surface area contributed by atoms with E-state index in [1.165, 1.54) is 0 Å². The number of allylic oxidation sites excluding steroid dienone is 1. The Balaban J connectivity index is 2.79. The topological polar surface area (TPSA) is 22.1 Å². The van der Waals surface area contributed by atoms with E-state index in [0.29, 0.717) is 11.8 Å². The van der Waals surface area contributed by atoms with E-state index in [0.717, 1.165) is 5.69 Å². The van der Waals surface area contributed by atoms with Gasteiger partial charge in [-0.25, -0.2) is 4.98 Å². The van der Waals surface area contributed by atoms with Gasteiger partial charge in [0.25, 0.3) is 0 Å². The zero-order valence-corrected chi connectivity index (χ0v) is 7.58. The number of pyridine rings is 1. The lowest BCUT2D eigenvalue weighted by molar-refractivity contribution is 0.397. The second kappa shape index (κ2) is 4.78. The fourth-order valence-electron chi connectivity index (χ4n) is 0.803. The molecule has 1 aromatic rings. The molecule has 0 radical (unpaired) electrons. The average molecular weight is 184 g/mol. The fraction of sp³-hybridized carbons (Fsp3) is 0.222. The van der Waals surface area contributed by atoms with Crippen molar-refractivity contribution in [2.75, 3.05) is 13.0 Å². The lowest BCUT2D eigenvalue weighted by Gasteiger charge is -1.97.